The number of hydrogen-bond donors (Lipinski definition) is 2. The largest absolute Gasteiger partial charge is 0.328 e. The maximum atomic E-state index is 12.3. The van der Waals surface area contributed by atoms with Crippen molar-refractivity contribution in [3.8, 4) is 0 Å². The SMILES string of the molecule is CCC(=O)C[C@H](c1ccccc1)C1(Br)C(=O)NC(=O)NC1=O. The lowest BCUT2D eigenvalue weighted by Gasteiger charge is -2.35. The van der Waals surface area contributed by atoms with Crippen LogP contribution in [0.3, 0.4) is 0 Å². The minimum absolute atomic E-state index is 0.0147. The quantitative estimate of drug-likeness (QED) is 0.611. The summed E-state index contributed by atoms with van der Waals surface area (Å²) in [5, 5.41) is 4.15. The normalized spacial score (nSPS) is 18.4. The van der Waals surface area contributed by atoms with Crippen LogP contribution in [-0.2, 0) is 14.4 Å². The van der Waals surface area contributed by atoms with Crippen molar-refractivity contribution in [2.24, 2.45) is 0 Å². The van der Waals surface area contributed by atoms with Gasteiger partial charge in [-0.1, -0.05) is 53.2 Å². The minimum atomic E-state index is -1.70. The van der Waals surface area contributed by atoms with Gasteiger partial charge in [-0.2, -0.15) is 0 Å². The number of carbonyl (C=O) groups is 4. The molecule has 1 aromatic carbocycles. The summed E-state index contributed by atoms with van der Waals surface area (Å²) >= 11 is 3.19. The van der Waals surface area contributed by atoms with E-state index in [-0.39, 0.29) is 12.2 Å². The van der Waals surface area contributed by atoms with Crippen molar-refractivity contribution in [3.05, 3.63) is 35.9 Å². The smallest absolute Gasteiger partial charge is 0.300 e. The predicted molar refractivity (Wildman–Crippen MR) is 82.4 cm³/mol. The van der Waals surface area contributed by atoms with Crippen molar-refractivity contribution in [3.63, 3.8) is 0 Å². The van der Waals surface area contributed by atoms with Gasteiger partial charge < -0.3 is 0 Å². The minimum Gasteiger partial charge on any atom is -0.300 e. The number of amides is 4. The summed E-state index contributed by atoms with van der Waals surface area (Å²) in [7, 11) is 0. The molecule has 0 aromatic heterocycles. The second-order valence-electron chi connectivity index (χ2n) is 5.01. The Balaban J connectivity index is 2.47. The fourth-order valence-corrected chi connectivity index (χ4v) is 3.01. The molecular weight excluding hydrogens is 352 g/mol. The molecule has 0 saturated carbocycles. The van der Waals surface area contributed by atoms with Gasteiger partial charge in [0.25, 0.3) is 11.8 Å². The molecule has 6 nitrogen and oxygen atoms in total. The van der Waals surface area contributed by atoms with E-state index in [1.165, 1.54) is 0 Å². The van der Waals surface area contributed by atoms with Gasteiger partial charge >= 0.3 is 6.03 Å². The average molecular weight is 367 g/mol. The van der Waals surface area contributed by atoms with Crippen LogP contribution in [0.5, 0.6) is 0 Å². The lowest BCUT2D eigenvalue weighted by molar-refractivity contribution is -0.134. The van der Waals surface area contributed by atoms with E-state index in [1.54, 1.807) is 37.3 Å². The van der Waals surface area contributed by atoms with Gasteiger partial charge in [-0.05, 0) is 5.56 Å². The Morgan fingerprint density at radius 3 is 2.18 bits per heavy atom. The number of urea groups is 1. The number of imide groups is 2. The number of rotatable bonds is 5. The van der Waals surface area contributed by atoms with Crippen LogP contribution in [0.15, 0.2) is 30.3 Å². The van der Waals surface area contributed by atoms with Crippen LogP contribution < -0.4 is 10.6 Å². The van der Waals surface area contributed by atoms with Crippen molar-refractivity contribution in [2.75, 3.05) is 0 Å². The molecule has 2 N–H and O–H groups in total. The van der Waals surface area contributed by atoms with E-state index in [0.717, 1.165) is 0 Å². The third-order valence-corrected chi connectivity index (χ3v) is 4.90. The second-order valence-corrected chi connectivity index (χ2v) is 6.26. The number of halogens is 1. The molecule has 4 amide bonds. The Bertz CT molecular complexity index is 610. The summed E-state index contributed by atoms with van der Waals surface area (Å²) in [5.74, 6) is -2.32. The Morgan fingerprint density at radius 1 is 1.14 bits per heavy atom. The summed E-state index contributed by atoms with van der Waals surface area (Å²) in [6.07, 6.45) is 0.315. The Kier molecular flexibility index (Phi) is 4.75. The molecule has 2 rings (SSSR count). The third kappa shape index (κ3) is 2.94. The van der Waals surface area contributed by atoms with E-state index in [1.807, 2.05) is 0 Å². The van der Waals surface area contributed by atoms with Gasteiger partial charge in [0.2, 0.25) is 0 Å². The Labute approximate surface area is 135 Å². The molecule has 1 heterocycles. The molecule has 1 saturated heterocycles. The van der Waals surface area contributed by atoms with Crippen molar-refractivity contribution < 1.29 is 19.2 Å². The fraction of sp³-hybridized carbons (Fsp3) is 0.333. The Hall–Kier alpha value is -2.02. The predicted octanol–water partition coefficient (Wildman–Crippen LogP) is 1.64. The first-order valence-corrected chi connectivity index (χ1v) is 7.61. The molecule has 0 aliphatic carbocycles. The number of ketones is 1. The summed E-state index contributed by atoms with van der Waals surface area (Å²) in [6.45, 7) is 1.72. The van der Waals surface area contributed by atoms with Gasteiger partial charge in [-0.15, -0.1) is 0 Å². The maximum Gasteiger partial charge on any atom is 0.328 e. The highest BCUT2D eigenvalue weighted by molar-refractivity contribution is 9.10. The zero-order valence-corrected chi connectivity index (χ0v) is 13.5. The highest BCUT2D eigenvalue weighted by Crippen LogP contribution is 2.40. The maximum absolute atomic E-state index is 12.3. The first-order valence-electron chi connectivity index (χ1n) is 6.82. The molecule has 1 atom stereocenters. The van der Waals surface area contributed by atoms with Crippen LogP contribution >= 0.6 is 15.9 Å². The van der Waals surface area contributed by atoms with Gasteiger partial charge in [-0.25, -0.2) is 4.79 Å². The summed E-state index contributed by atoms with van der Waals surface area (Å²) in [6, 6.07) is 7.95. The zero-order valence-electron chi connectivity index (χ0n) is 11.9. The van der Waals surface area contributed by atoms with Gasteiger partial charge in [0.1, 0.15) is 5.78 Å². The molecule has 0 unspecified atom stereocenters. The van der Waals surface area contributed by atoms with E-state index in [2.05, 4.69) is 26.6 Å². The fourth-order valence-electron chi connectivity index (χ4n) is 2.38. The third-order valence-electron chi connectivity index (χ3n) is 3.62. The van der Waals surface area contributed by atoms with Crippen molar-refractivity contribution in [1.29, 1.82) is 0 Å². The highest BCUT2D eigenvalue weighted by Gasteiger charge is 2.54. The number of barbiturate groups is 1. The number of alkyl halides is 1. The molecular formula is C15H15BrN2O4. The standard InChI is InChI=1S/C15H15BrN2O4/c1-2-10(19)8-11(9-6-4-3-5-7-9)15(16)12(20)17-14(22)18-13(15)21/h3-7,11H,2,8H2,1H3,(H2,17,18,20,21,22)/t11-/m1/s1. The summed E-state index contributed by atoms with van der Waals surface area (Å²) in [5.41, 5.74) is 0.667. The van der Waals surface area contributed by atoms with Crippen LogP contribution in [0, 0.1) is 0 Å². The first kappa shape index (κ1) is 16.4. The molecule has 1 aliphatic rings. The molecule has 7 heteroatoms. The van der Waals surface area contributed by atoms with E-state index in [4.69, 9.17) is 0 Å². The monoisotopic (exact) mass is 366 g/mol. The van der Waals surface area contributed by atoms with Crippen LogP contribution in [-0.4, -0.2) is 28.0 Å². The topological polar surface area (TPSA) is 92.3 Å². The van der Waals surface area contributed by atoms with Gasteiger partial charge in [0, 0.05) is 18.8 Å². The van der Waals surface area contributed by atoms with Gasteiger partial charge in [0.15, 0.2) is 4.32 Å². The van der Waals surface area contributed by atoms with Gasteiger partial charge in [-0.3, -0.25) is 25.0 Å². The number of Topliss-reactive ketones (excluding diaryl/α,β-unsaturated/α-hetero) is 1. The number of nitrogens with one attached hydrogen (secondary N) is 2. The van der Waals surface area contributed by atoms with Crippen molar-refractivity contribution in [1.82, 2.24) is 10.6 Å². The summed E-state index contributed by atoms with van der Waals surface area (Å²) in [4.78, 5) is 47.7. The molecule has 1 aromatic rings. The van der Waals surface area contributed by atoms with Crippen LogP contribution in [0.4, 0.5) is 4.79 Å². The van der Waals surface area contributed by atoms with Crippen LogP contribution in [0.25, 0.3) is 0 Å². The van der Waals surface area contributed by atoms with E-state index in [9.17, 15) is 19.2 Å². The lowest BCUT2D eigenvalue weighted by atomic mass is 9.80. The molecule has 1 aliphatic heterocycles. The molecule has 0 spiro atoms. The number of benzene rings is 1. The highest BCUT2D eigenvalue weighted by atomic mass is 79.9. The first-order chi connectivity index (χ1) is 10.4. The van der Waals surface area contributed by atoms with E-state index in [0.29, 0.717) is 12.0 Å². The van der Waals surface area contributed by atoms with E-state index >= 15 is 0 Å². The van der Waals surface area contributed by atoms with Gasteiger partial charge in [0.05, 0.1) is 0 Å². The molecule has 22 heavy (non-hydrogen) atoms. The molecule has 0 radical (unpaired) electrons. The zero-order chi connectivity index (χ0) is 16.3. The number of carbonyl (C=O) groups excluding carboxylic acids is 4. The van der Waals surface area contributed by atoms with E-state index < -0.39 is 28.1 Å². The molecule has 0 bridgehead atoms. The molecule has 116 valence electrons. The van der Waals surface area contributed by atoms with Crippen LogP contribution in [0.2, 0.25) is 0 Å². The van der Waals surface area contributed by atoms with Crippen LogP contribution in [0.1, 0.15) is 31.2 Å². The Morgan fingerprint density at radius 2 is 1.68 bits per heavy atom. The second kappa shape index (κ2) is 6.39. The van der Waals surface area contributed by atoms with Crippen molar-refractivity contribution in [2.45, 2.75) is 30.0 Å². The lowest BCUT2D eigenvalue weighted by Crippen LogP contribution is -2.66. The average Bonchev–Trinajstić information content (AvgIpc) is 2.50. The van der Waals surface area contributed by atoms with Crippen molar-refractivity contribution >= 4 is 39.6 Å². The number of hydrogen-bond acceptors (Lipinski definition) is 4. The summed E-state index contributed by atoms with van der Waals surface area (Å²) < 4.78 is -1.70. The molecule has 1 fully saturated rings.